The van der Waals surface area contributed by atoms with Crippen molar-refractivity contribution in [3.8, 4) is 11.1 Å². The molecule has 1 unspecified atom stereocenters. The lowest BCUT2D eigenvalue weighted by Gasteiger charge is -2.27. The summed E-state index contributed by atoms with van der Waals surface area (Å²) in [5.74, 6) is -0.396. The van der Waals surface area contributed by atoms with Gasteiger partial charge in [-0.05, 0) is 43.4 Å². The molecule has 0 saturated heterocycles. The first-order chi connectivity index (χ1) is 12.0. The van der Waals surface area contributed by atoms with Crippen LogP contribution in [0.4, 0.5) is 0 Å². The zero-order valence-electron chi connectivity index (χ0n) is 14.9. The summed E-state index contributed by atoms with van der Waals surface area (Å²) < 4.78 is 5.06. The third-order valence-corrected chi connectivity index (χ3v) is 4.39. The lowest BCUT2D eigenvalue weighted by atomic mass is 9.83. The van der Waals surface area contributed by atoms with Gasteiger partial charge in [0, 0.05) is 6.04 Å². The molecule has 4 nitrogen and oxygen atoms in total. The first-order valence-electron chi connectivity index (χ1n) is 8.66. The van der Waals surface area contributed by atoms with Crippen LogP contribution in [0.3, 0.4) is 0 Å². The van der Waals surface area contributed by atoms with Crippen molar-refractivity contribution in [1.82, 2.24) is 0 Å². The predicted molar refractivity (Wildman–Crippen MR) is 100 cm³/mol. The number of rotatable bonds is 8. The van der Waals surface area contributed by atoms with Crippen molar-refractivity contribution >= 4 is 5.97 Å². The van der Waals surface area contributed by atoms with Crippen molar-refractivity contribution in [2.75, 3.05) is 13.2 Å². The Balaban J connectivity index is 2.00. The quantitative estimate of drug-likeness (QED) is 0.723. The summed E-state index contributed by atoms with van der Waals surface area (Å²) in [6.45, 7) is 3.48. The van der Waals surface area contributed by atoms with Crippen LogP contribution in [0.1, 0.15) is 25.8 Å². The Hall–Kier alpha value is -2.17. The number of aliphatic hydroxyl groups is 1. The smallest absolute Gasteiger partial charge is 0.314 e. The van der Waals surface area contributed by atoms with E-state index in [0.29, 0.717) is 19.4 Å². The fourth-order valence-electron chi connectivity index (χ4n) is 2.94. The highest BCUT2D eigenvalue weighted by Gasteiger charge is 2.35. The number of hydrogen-bond acceptors (Lipinski definition) is 4. The van der Waals surface area contributed by atoms with Gasteiger partial charge in [0.05, 0.1) is 18.6 Å². The van der Waals surface area contributed by atoms with E-state index < -0.39 is 11.4 Å². The third kappa shape index (κ3) is 5.15. The molecule has 134 valence electrons. The van der Waals surface area contributed by atoms with Crippen molar-refractivity contribution in [3.63, 3.8) is 0 Å². The minimum atomic E-state index is -0.959. The van der Waals surface area contributed by atoms with E-state index in [0.717, 1.165) is 11.1 Å². The van der Waals surface area contributed by atoms with Crippen LogP contribution in [-0.2, 0) is 16.0 Å². The van der Waals surface area contributed by atoms with Gasteiger partial charge in [0.15, 0.2) is 0 Å². The molecule has 0 aliphatic heterocycles. The lowest BCUT2D eigenvalue weighted by molar-refractivity contribution is -0.157. The summed E-state index contributed by atoms with van der Waals surface area (Å²) in [6.07, 6.45) is 1.02. The van der Waals surface area contributed by atoms with Gasteiger partial charge in [-0.25, -0.2) is 0 Å². The van der Waals surface area contributed by atoms with Crippen LogP contribution in [0.15, 0.2) is 54.6 Å². The summed E-state index contributed by atoms with van der Waals surface area (Å²) in [6, 6.07) is 18.2. The minimum absolute atomic E-state index is 0.232. The Bertz CT molecular complexity index is 669. The SMILES string of the molecule is CCOC(=O)C(C)(CO)C[C@H](N)Cc1ccc(-c2ccccc2)cc1. The van der Waals surface area contributed by atoms with Gasteiger partial charge < -0.3 is 15.6 Å². The second-order valence-electron chi connectivity index (χ2n) is 6.67. The molecule has 0 bridgehead atoms. The van der Waals surface area contributed by atoms with E-state index in [1.54, 1.807) is 13.8 Å². The molecule has 2 atom stereocenters. The standard InChI is InChI=1S/C21H27NO3/c1-3-25-20(24)21(2,15-23)14-19(22)13-16-9-11-18(12-10-16)17-7-5-4-6-8-17/h4-12,19,23H,3,13-15,22H2,1-2H3/t19-,21?/m1/s1. The average Bonchev–Trinajstić information content (AvgIpc) is 2.63. The van der Waals surface area contributed by atoms with E-state index in [-0.39, 0.29) is 12.6 Å². The van der Waals surface area contributed by atoms with Crippen molar-refractivity contribution in [1.29, 1.82) is 0 Å². The second kappa shape index (κ2) is 8.79. The van der Waals surface area contributed by atoms with Crippen molar-refractivity contribution < 1.29 is 14.6 Å². The molecule has 0 aromatic heterocycles. The number of carbonyl (C=O) groups excluding carboxylic acids is 1. The predicted octanol–water partition coefficient (Wildman–Crippen LogP) is 3.18. The minimum Gasteiger partial charge on any atom is -0.466 e. The van der Waals surface area contributed by atoms with E-state index in [4.69, 9.17) is 10.5 Å². The molecular weight excluding hydrogens is 314 g/mol. The molecule has 2 rings (SSSR count). The number of hydrogen-bond donors (Lipinski definition) is 2. The number of nitrogens with two attached hydrogens (primary N) is 1. The van der Waals surface area contributed by atoms with E-state index in [2.05, 4.69) is 36.4 Å². The molecule has 4 heteroatoms. The van der Waals surface area contributed by atoms with Crippen LogP contribution in [-0.4, -0.2) is 30.3 Å². The highest BCUT2D eigenvalue weighted by molar-refractivity contribution is 5.76. The van der Waals surface area contributed by atoms with Crippen LogP contribution in [0, 0.1) is 5.41 Å². The van der Waals surface area contributed by atoms with E-state index in [1.807, 2.05) is 18.2 Å². The fourth-order valence-corrected chi connectivity index (χ4v) is 2.94. The second-order valence-corrected chi connectivity index (χ2v) is 6.67. The van der Waals surface area contributed by atoms with Crippen LogP contribution in [0.25, 0.3) is 11.1 Å². The maximum absolute atomic E-state index is 12.0. The van der Waals surface area contributed by atoms with Crippen LogP contribution in [0.2, 0.25) is 0 Å². The largest absolute Gasteiger partial charge is 0.466 e. The summed E-state index contributed by atoms with van der Waals surface area (Å²) >= 11 is 0. The molecule has 0 saturated carbocycles. The molecule has 0 spiro atoms. The zero-order chi connectivity index (χ0) is 18.3. The Morgan fingerprint density at radius 1 is 1.12 bits per heavy atom. The van der Waals surface area contributed by atoms with E-state index >= 15 is 0 Å². The Morgan fingerprint density at radius 2 is 1.72 bits per heavy atom. The van der Waals surface area contributed by atoms with E-state index in [9.17, 15) is 9.90 Å². The average molecular weight is 341 g/mol. The number of ether oxygens (including phenoxy) is 1. The number of esters is 1. The molecular formula is C21H27NO3. The van der Waals surface area contributed by atoms with Crippen LogP contribution < -0.4 is 5.73 Å². The normalized spacial score (nSPS) is 14.6. The summed E-state index contributed by atoms with van der Waals surface area (Å²) in [7, 11) is 0. The molecule has 0 amide bonds. The van der Waals surface area contributed by atoms with Gasteiger partial charge in [0.1, 0.15) is 0 Å². The zero-order valence-corrected chi connectivity index (χ0v) is 14.9. The Labute approximate surface area is 149 Å². The molecule has 3 N–H and O–H groups in total. The Kier molecular flexibility index (Phi) is 6.73. The molecule has 0 heterocycles. The van der Waals surface area contributed by atoms with Gasteiger partial charge >= 0.3 is 5.97 Å². The van der Waals surface area contributed by atoms with Gasteiger partial charge in [-0.15, -0.1) is 0 Å². The van der Waals surface area contributed by atoms with Gasteiger partial charge in [-0.3, -0.25) is 4.79 Å². The summed E-state index contributed by atoms with van der Waals surface area (Å²) in [5.41, 5.74) is 8.71. The first kappa shape index (κ1) is 19.2. The topological polar surface area (TPSA) is 72.5 Å². The van der Waals surface area contributed by atoms with E-state index in [1.165, 1.54) is 5.56 Å². The van der Waals surface area contributed by atoms with Gasteiger partial charge in [-0.2, -0.15) is 0 Å². The molecule has 0 fully saturated rings. The van der Waals surface area contributed by atoms with Gasteiger partial charge in [0.25, 0.3) is 0 Å². The third-order valence-electron chi connectivity index (χ3n) is 4.39. The summed E-state index contributed by atoms with van der Waals surface area (Å²) in [5, 5.41) is 9.60. The number of benzene rings is 2. The highest BCUT2D eigenvalue weighted by Crippen LogP contribution is 2.26. The molecule has 2 aromatic rings. The maximum Gasteiger partial charge on any atom is 0.314 e. The number of aliphatic hydroxyl groups excluding tert-OH is 1. The van der Waals surface area contributed by atoms with Crippen molar-refractivity contribution in [2.45, 2.75) is 32.7 Å². The Morgan fingerprint density at radius 3 is 2.28 bits per heavy atom. The summed E-state index contributed by atoms with van der Waals surface area (Å²) in [4.78, 5) is 12.0. The monoisotopic (exact) mass is 341 g/mol. The molecule has 0 radical (unpaired) electrons. The first-order valence-corrected chi connectivity index (χ1v) is 8.66. The molecule has 0 aliphatic rings. The number of carbonyl (C=O) groups is 1. The highest BCUT2D eigenvalue weighted by atomic mass is 16.5. The maximum atomic E-state index is 12.0. The molecule has 0 aliphatic carbocycles. The van der Waals surface area contributed by atoms with Gasteiger partial charge in [0.2, 0.25) is 0 Å². The van der Waals surface area contributed by atoms with Crippen molar-refractivity contribution in [2.24, 2.45) is 11.1 Å². The van der Waals surface area contributed by atoms with Crippen LogP contribution in [0.5, 0.6) is 0 Å². The molecule has 2 aromatic carbocycles. The lowest BCUT2D eigenvalue weighted by Crippen LogP contribution is -2.40. The van der Waals surface area contributed by atoms with Crippen molar-refractivity contribution in [3.05, 3.63) is 60.2 Å². The van der Waals surface area contributed by atoms with Crippen LogP contribution >= 0.6 is 0 Å². The fraction of sp³-hybridized carbons (Fsp3) is 0.381. The molecule has 25 heavy (non-hydrogen) atoms. The van der Waals surface area contributed by atoms with Gasteiger partial charge in [-0.1, -0.05) is 54.6 Å².